The summed E-state index contributed by atoms with van der Waals surface area (Å²) >= 11 is 0. The van der Waals surface area contributed by atoms with E-state index in [-0.39, 0.29) is 31.1 Å². The Hall–Kier alpha value is -3.67. The standard InChI is InChI=1S/C77H134O6/c1-4-7-10-13-16-19-22-25-28-31-34-37-38-41-43-46-49-52-55-58-61-64-67-70-76(79)82-73-74(83-77(80)71-68-65-62-59-56-53-50-47-44-40-36-33-30-27-24-21-18-15-12-9-6-3)72-81-75(78)69-66-63-60-57-54-51-48-45-42-39-35-32-29-26-23-20-17-14-11-8-5-2/h7,10,16,19,24-25,27-28,32-37,41,43,74H,4-6,8-9,11-15,17-18,20-23,26,29-31,38-40,42,44-73H2,1-3H3/b10-7-,19-16-,27-24-,28-25-,35-32-,36-33-,37-34-,43-41-. The van der Waals surface area contributed by atoms with E-state index in [1.54, 1.807) is 0 Å². The van der Waals surface area contributed by atoms with Crippen molar-refractivity contribution in [2.45, 2.75) is 361 Å². The zero-order chi connectivity index (χ0) is 59.9. The van der Waals surface area contributed by atoms with Crippen molar-refractivity contribution in [3.63, 3.8) is 0 Å². The van der Waals surface area contributed by atoms with E-state index in [4.69, 9.17) is 14.2 Å². The van der Waals surface area contributed by atoms with Gasteiger partial charge in [-0.05, 0) is 122 Å². The summed E-state index contributed by atoms with van der Waals surface area (Å²) in [6.45, 7) is 6.55. The van der Waals surface area contributed by atoms with Gasteiger partial charge in [-0.2, -0.15) is 0 Å². The number of allylic oxidation sites excluding steroid dienone is 16. The van der Waals surface area contributed by atoms with Gasteiger partial charge in [-0.1, -0.05) is 311 Å². The van der Waals surface area contributed by atoms with E-state index >= 15 is 0 Å². The van der Waals surface area contributed by atoms with Crippen LogP contribution >= 0.6 is 0 Å². The number of carbonyl (C=O) groups excluding carboxylic acids is 3. The van der Waals surface area contributed by atoms with E-state index in [1.807, 2.05) is 0 Å². The van der Waals surface area contributed by atoms with Crippen molar-refractivity contribution < 1.29 is 28.6 Å². The van der Waals surface area contributed by atoms with Crippen LogP contribution in [0.5, 0.6) is 0 Å². The van der Waals surface area contributed by atoms with Crippen molar-refractivity contribution in [3.8, 4) is 0 Å². The molecule has 0 aromatic carbocycles. The molecule has 1 atom stereocenters. The number of rotatable bonds is 65. The summed E-state index contributed by atoms with van der Waals surface area (Å²) in [7, 11) is 0. The van der Waals surface area contributed by atoms with E-state index in [0.29, 0.717) is 19.3 Å². The maximum absolute atomic E-state index is 13.0. The fraction of sp³-hybridized carbons (Fsp3) is 0.753. The summed E-state index contributed by atoms with van der Waals surface area (Å²) in [5.41, 5.74) is 0. The lowest BCUT2D eigenvalue weighted by Crippen LogP contribution is -2.30. The van der Waals surface area contributed by atoms with Gasteiger partial charge in [0.05, 0.1) is 0 Å². The molecule has 6 heteroatoms. The molecule has 0 spiro atoms. The Bertz CT molecular complexity index is 1610. The second kappa shape index (κ2) is 70.8. The second-order valence-electron chi connectivity index (χ2n) is 23.8. The van der Waals surface area contributed by atoms with Crippen molar-refractivity contribution >= 4 is 17.9 Å². The molecule has 0 saturated carbocycles. The zero-order valence-electron chi connectivity index (χ0n) is 54.9. The highest BCUT2D eigenvalue weighted by Gasteiger charge is 2.19. The van der Waals surface area contributed by atoms with Gasteiger partial charge < -0.3 is 14.2 Å². The molecular weight excluding hydrogens is 1020 g/mol. The highest BCUT2D eigenvalue weighted by molar-refractivity contribution is 5.71. The number of hydrogen-bond acceptors (Lipinski definition) is 6. The lowest BCUT2D eigenvalue weighted by molar-refractivity contribution is -0.167. The molecule has 1 unspecified atom stereocenters. The van der Waals surface area contributed by atoms with Gasteiger partial charge in [-0.25, -0.2) is 0 Å². The topological polar surface area (TPSA) is 78.9 Å². The largest absolute Gasteiger partial charge is 0.462 e. The van der Waals surface area contributed by atoms with Crippen molar-refractivity contribution in [1.29, 1.82) is 0 Å². The lowest BCUT2D eigenvalue weighted by atomic mass is 10.1. The maximum Gasteiger partial charge on any atom is 0.306 e. The average Bonchev–Trinajstić information content (AvgIpc) is 3.49. The summed E-state index contributed by atoms with van der Waals surface area (Å²) in [5, 5.41) is 0. The summed E-state index contributed by atoms with van der Waals surface area (Å²) in [6.07, 6.45) is 95.6. The SMILES string of the molecule is CC/C=C\C/C=C\C/C=C\C/C=C\C/C=C\CCCCCCCCCC(=O)OCC(COC(=O)CCCCCCCCCCC/C=C\CCCCCCCCCC)OC(=O)CCCCCCCCCCC/C=C\C/C=C\CCCCCCC. The third-order valence-electron chi connectivity index (χ3n) is 15.5. The fourth-order valence-corrected chi connectivity index (χ4v) is 10.2. The number of unbranched alkanes of at least 4 members (excludes halogenated alkanes) is 38. The van der Waals surface area contributed by atoms with E-state index in [9.17, 15) is 14.4 Å². The Balaban J connectivity index is 4.41. The van der Waals surface area contributed by atoms with Crippen LogP contribution in [0.25, 0.3) is 0 Å². The van der Waals surface area contributed by atoms with Gasteiger partial charge in [0.25, 0.3) is 0 Å². The number of carbonyl (C=O) groups is 3. The van der Waals surface area contributed by atoms with Crippen molar-refractivity contribution in [2.75, 3.05) is 13.2 Å². The van der Waals surface area contributed by atoms with Crippen LogP contribution in [0, 0.1) is 0 Å². The minimum atomic E-state index is -0.789. The van der Waals surface area contributed by atoms with Crippen molar-refractivity contribution in [3.05, 3.63) is 97.2 Å². The van der Waals surface area contributed by atoms with Gasteiger partial charge in [-0.3, -0.25) is 14.4 Å². The Morgan fingerprint density at radius 1 is 0.253 bits per heavy atom. The Morgan fingerprint density at radius 3 is 0.747 bits per heavy atom. The first-order valence-corrected chi connectivity index (χ1v) is 35.7. The molecule has 0 N–H and O–H groups in total. The lowest BCUT2D eigenvalue weighted by Gasteiger charge is -2.18. The molecule has 0 rings (SSSR count). The van der Waals surface area contributed by atoms with Crippen LogP contribution in [0.2, 0.25) is 0 Å². The fourth-order valence-electron chi connectivity index (χ4n) is 10.2. The van der Waals surface area contributed by atoms with Crippen LogP contribution in [0.1, 0.15) is 355 Å². The van der Waals surface area contributed by atoms with Crippen LogP contribution < -0.4 is 0 Å². The molecule has 0 bridgehead atoms. The normalized spacial score (nSPS) is 12.7. The van der Waals surface area contributed by atoms with Crippen LogP contribution in [-0.4, -0.2) is 37.2 Å². The molecule has 0 heterocycles. The average molecular weight is 1160 g/mol. The summed E-state index contributed by atoms with van der Waals surface area (Å²) in [5.74, 6) is -0.883. The van der Waals surface area contributed by atoms with E-state index in [2.05, 4.69) is 118 Å². The second-order valence-corrected chi connectivity index (χ2v) is 23.8. The number of esters is 3. The monoisotopic (exact) mass is 1160 g/mol. The first kappa shape index (κ1) is 79.3. The van der Waals surface area contributed by atoms with Gasteiger partial charge in [0, 0.05) is 19.3 Å². The maximum atomic E-state index is 13.0. The highest BCUT2D eigenvalue weighted by atomic mass is 16.6. The summed E-state index contributed by atoms with van der Waals surface area (Å²) in [4.78, 5) is 38.5. The minimum absolute atomic E-state index is 0.0824. The molecule has 0 aliphatic carbocycles. The molecule has 6 nitrogen and oxygen atoms in total. The first-order valence-electron chi connectivity index (χ1n) is 35.7. The zero-order valence-corrected chi connectivity index (χ0v) is 54.9. The van der Waals surface area contributed by atoms with E-state index < -0.39 is 6.10 Å². The van der Waals surface area contributed by atoms with E-state index in [1.165, 1.54) is 212 Å². The predicted octanol–water partition coefficient (Wildman–Crippen LogP) is 24.8. The van der Waals surface area contributed by atoms with Crippen LogP contribution in [-0.2, 0) is 28.6 Å². The van der Waals surface area contributed by atoms with E-state index in [0.717, 1.165) is 103 Å². The minimum Gasteiger partial charge on any atom is -0.462 e. The first-order chi connectivity index (χ1) is 41.0. The molecule has 0 fully saturated rings. The molecule has 0 aliphatic heterocycles. The summed E-state index contributed by atoms with van der Waals surface area (Å²) < 4.78 is 17.0. The molecule has 0 saturated heterocycles. The predicted molar refractivity (Wildman–Crippen MR) is 362 cm³/mol. The molecule has 0 amide bonds. The Labute approximate surface area is 515 Å². The van der Waals surface area contributed by atoms with Crippen LogP contribution in [0.3, 0.4) is 0 Å². The van der Waals surface area contributed by atoms with Gasteiger partial charge in [-0.15, -0.1) is 0 Å². The molecule has 0 aromatic rings. The highest BCUT2D eigenvalue weighted by Crippen LogP contribution is 2.17. The van der Waals surface area contributed by atoms with Gasteiger partial charge >= 0.3 is 17.9 Å². The smallest absolute Gasteiger partial charge is 0.306 e. The van der Waals surface area contributed by atoms with Crippen molar-refractivity contribution in [1.82, 2.24) is 0 Å². The third-order valence-corrected chi connectivity index (χ3v) is 15.5. The number of ether oxygens (including phenoxy) is 3. The third kappa shape index (κ3) is 69.0. The Kier molecular flexibility index (Phi) is 67.7. The van der Waals surface area contributed by atoms with Gasteiger partial charge in [0.1, 0.15) is 13.2 Å². The summed E-state index contributed by atoms with van der Waals surface area (Å²) in [6, 6.07) is 0. The Morgan fingerprint density at radius 2 is 0.470 bits per heavy atom. The van der Waals surface area contributed by atoms with Gasteiger partial charge in [0.15, 0.2) is 6.10 Å². The quantitative estimate of drug-likeness (QED) is 0.0261. The molecule has 0 aromatic heterocycles. The number of hydrogen-bond donors (Lipinski definition) is 0. The van der Waals surface area contributed by atoms with Crippen molar-refractivity contribution in [2.24, 2.45) is 0 Å². The van der Waals surface area contributed by atoms with Crippen LogP contribution in [0.4, 0.5) is 0 Å². The molecular formula is C77H134O6. The van der Waals surface area contributed by atoms with Crippen LogP contribution in [0.15, 0.2) is 97.2 Å². The molecule has 0 radical (unpaired) electrons. The molecule has 83 heavy (non-hydrogen) atoms. The molecule has 0 aliphatic rings. The van der Waals surface area contributed by atoms with Gasteiger partial charge in [0.2, 0.25) is 0 Å². The molecule has 478 valence electrons.